The van der Waals surface area contributed by atoms with Gasteiger partial charge in [0.15, 0.2) is 0 Å². The van der Waals surface area contributed by atoms with E-state index in [0.717, 1.165) is 23.5 Å². The van der Waals surface area contributed by atoms with Gasteiger partial charge in [-0.25, -0.2) is 4.39 Å². The molecule has 26 heavy (non-hydrogen) atoms. The highest BCUT2D eigenvalue weighted by molar-refractivity contribution is 7.98. The molecule has 0 aromatic heterocycles. The number of amides is 1. The molecule has 2 aromatic rings. The molecule has 3 rings (SSSR count). The lowest BCUT2D eigenvalue weighted by atomic mass is 10.0. The molecule has 1 fully saturated rings. The predicted molar refractivity (Wildman–Crippen MR) is 102 cm³/mol. The van der Waals surface area contributed by atoms with Gasteiger partial charge in [0.2, 0.25) is 0 Å². The van der Waals surface area contributed by atoms with Crippen molar-refractivity contribution in [3.8, 4) is 0 Å². The van der Waals surface area contributed by atoms with E-state index in [2.05, 4.69) is 10.2 Å². The van der Waals surface area contributed by atoms with Gasteiger partial charge in [-0.15, -0.1) is 11.8 Å². The fraction of sp³-hybridized carbons (Fsp3) is 0.350. The molecular formula is C20H23FN2O2S. The van der Waals surface area contributed by atoms with E-state index in [0.29, 0.717) is 25.3 Å². The van der Waals surface area contributed by atoms with Crippen molar-refractivity contribution in [1.82, 2.24) is 10.2 Å². The maximum absolute atomic E-state index is 13.3. The Morgan fingerprint density at radius 1 is 1.19 bits per heavy atom. The summed E-state index contributed by atoms with van der Waals surface area (Å²) in [6.45, 7) is 3.38. The topological polar surface area (TPSA) is 41.6 Å². The molecule has 1 N–H and O–H groups in total. The zero-order valence-corrected chi connectivity index (χ0v) is 15.6. The summed E-state index contributed by atoms with van der Waals surface area (Å²) >= 11 is 1.55. The van der Waals surface area contributed by atoms with Crippen LogP contribution in [0.25, 0.3) is 0 Å². The lowest BCUT2D eigenvalue weighted by Crippen LogP contribution is -2.43. The Morgan fingerprint density at radius 3 is 2.58 bits per heavy atom. The van der Waals surface area contributed by atoms with Gasteiger partial charge in [0.1, 0.15) is 5.82 Å². The second kappa shape index (κ2) is 9.16. The molecule has 1 saturated heterocycles. The molecule has 4 nitrogen and oxygen atoms in total. The van der Waals surface area contributed by atoms with Crippen LogP contribution in [0.5, 0.6) is 0 Å². The number of hydrogen-bond acceptors (Lipinski definition) is 4. The maximum Gasteiger partial charge on any atom is 0.252 e. The molecule has 138 valence electrons. The van der Waals surface area contributed by atoms with Crippen molar-refractivity contribution in [3.05, 3.63) is 65.5 Å². The number of carbonyl (C=O) groups is 1. The minimum absolute atomic E-state index is 0.00936. The van der Waals surface area contributed by atoms with E-state index in [9.17, 15) is 9.18 Å². The number of ether oxygens (including phenoxy) is 1. The Labute approximate surface area is 157 Å². The highest BCUT2D eigenvalue weighted by Crippen LogP contribution is 2.23. The largest absolute Gasteiger partial charge is 0.379 e. The fourth-order valence-corrected chi connectivity index (χ4v) is 3.74. The number of morpholine rings is 1. The molecule has 2 aromatic carbocycles. The van der Waals surface area contributed by atoms with Gasteiger partial charge in [0.25, 0.3) is 5.91 Å². The first-order valence-corrected chi connectivity index (χ1v) is 9.90. The Bertz CT molecular complexity index is 733. The first kappa shape index (κ1) is 18.9. The van der Waals surface area contributed by atoms with E-state index in [1.165, 1.54) is 12.1 Å². The van der Waals surface area contributed by atoms with Crippen LogP contribution in [0.2, 0.25) is 0 Å². The molecular weight excluding hydrogens is 351 g/mol. The molecule has 0 spiro atoms. The normalized spacial score (nSPS) is 16.2. The number of halogens is 1. The number of thioether (sulfide) groups is 1. The lowest BCUT2D eigenvalue weighted by molar-refractivity contribution is 0.0162. The van der Waals surface area contributed by atoms with Gasteiger partial charge in [-0.3, -0.25) is 9.69 Å². The number of hydrogen-bond donors (Lipinski definition) is 1. The lowest BCUT2D eigenvalue weighted by Gasteiger charge is -2.35. The second-order valence-corrected chi connectivity index (χ2v) is 6.97. The molecule has 1 aliphatic heterocycles. The maximum atomic E-state index is 13.3. The van der Waals surface area contributed by atoms with Gasteiger partial charge in [0, 0.05) is 24.5 Å². The minimum Gasteiger partial charge on any atom is -0.379 e. The van der Waals surface area contributed by atoms with Crippen molar-refractivity contribution in [1.29, 1.82) is 0 Å². The van der Waals surface area contributed by atoms with Gasteiger partial charge < -0.3 is 10.1 Å². The molecule has 0 aliphatic carbocycles. The van der Waals surface area contributed by atoms with Crippen molar-refractivity contribution < 1.29 is 13.9 Å². The van der Waals surface area contributed by atoms with Crippen molar-refractivity contribution in [2.45, 2.75) is 10.9 Å². The summed E-state index contributed by atoms with van der Waals surface area (Å²) in [5.41, 5.74) is 1.67. The number of nitrogens with zero attached hydrogens (tertiary/aromatic N) is 1. The molecule has 0 saturated carbocycles. The quantitative estimate of drug-likeness (QED) is 0.788. The number of benzene rings is 2. The summed E-state index contributed by atoms with van der Waals surface area (Å²) in [4.78, 5) is 15.9. The Kier molecular flexibility index (Phi) is 6.66. The fourth-order valence-electron chi connectivity index (χ4n) is 3.15. The molecule has 0 bridgehead atoms. The smallest absolute Gasteiger partial charge is 0.252 e. The van der Waals surface area contributed by atoms with Crippen molar-refractivity contribution in [3.63, 3.8) is 0 Å². The zero-order chi connectivity index (χ0) is 18.4. The average Bonchev–Trinajstić information content (AvgIpc) is 2.70. The van der Waals surface area contributed by atoms with Crippen molar-refractivity contribution in [2.75, 3.05) is 39.1 Å². The molecule has 1 amide bonds. The number of rotatable bonds is 6. The highest BCUT2D eigenvalue weighted by atomic mass is 32.2. The van der Waals surface area contributed by atoms with Crippen LogP contribution < -0.4 is 5.32 Å². The Balaban J connectivity index is 1.75. The van der Waals surface area contributed by atoms with Gasteiger partial charge in [0.05, 0.1) is 24.8 Å². The SMILES string of the molecule is CSc1ccccc1C(=O)NC[C@@H](c1ccc(F)cc1)N1CCOCC1. The van der Waals surface area contributed by atoms with E-state index in [-0.39, 0.29) is 17.8 Å². The van der Waals surface area contributed by atoms with Gasteiger partial charge in [-0.2, -0.15) is 0 Å². The van der Waals surface area contributed by atoms with Gasteiger partial charge in [-0.05, 0) is 36.1 Å². The molecule has 6 heteroatoms. The average molecular weight is 374 g/mol. The van der Waals surface area contributed by atoms with Gasteiger partial charge >= 0.3 is 0 Å². The van der Waals surface area contributed by atoms with E-state index in [1.807, 2.05) is 30.5 Å². The summed E-state index contributed by atoms with van der Waals surface area (Å²) in [6.07, 6.45) is 1.96. The van der Waals surface area contributed by atoms with Crippen molar-refractivity contribution >= 4 is 17.7 Å². The first-order chi connectivity index (χ1) is 12.7. The third kappa shape index (κ3) is 4.63. The van der Waals surface area contributed by atoms with Crippen LogP contribution in [-0.4, -0.2) is 49.9 Å². The van der Waals surface area contributed by atoms with Crippen LogP contribution in [0.4, 0.5) is 4.39 Å². The standard InChI is InChI=1S/C20H23FN2O2S/c1-26-19-5-3-2-4-17(19)20(24)22-14-18(23-10-12-25-13-11-23)15-6-8-16(21)9-7-15/h2-9,18H,10-14H2,1H3,(H,22,24)/t18-/m0/s1. The van der Waals surface area contributed by atoms with Crippen LogP contribution in [-0.2, 0) is 4.74 Å². The summed E-state index contributed by atoms with van der Waals surface area (Å²) in [7, 11) is 0. The van der Waals surface area contributed by atoms with E-state index in [4.69, 9.17) is 4.74 Å². The molecule has 1 atom stereocenters. The molecule has 1 heterocycles. The second-order valence-electron chi connectivity index (χ2n) is 6.13. The monoisotopic (exact) mass is 374 g/mol. The van der Waals surface area contributed by atoms with Crippen LogP contribution >= 0.6 is 11.8 Å². The van der Waals surface area contributed by atoms with E-state index in [1.54, 1.807) is 23.9 Å². The Morgan fingerprint density at radius 2 is 1.88 bits per heavy atom. The van der Waals surface area contributed by atoms with Gasteiger partial charge in [-0.1, -0.05) is 24.3 Å². The minimum atomic E-state index is -0.257. The third-order valence-electron chi connectivity index (χ3n) is 4.55. The van der Waals surface area contributed by atoms with E-state index < -0.39 is 0 Å². The third-order valence-corrected chi connectivity index (χ3v) is 5.34. The van der Waals surface area contributed by atoms with Crippen LogP contribution in [0.1, 0.15) is 22.0 Å². The van der Waals surface area contributed by atoms with Crippen LogP contribution in [0.3, 0.4) is 0 Å². The van der Waals surface area contributed by atoms with Crippen molar-refractivity contribution in [2.24, 2.45) is 0 Å². The summed E-state index contributed by atoms with van der Waals surface area (Å²) in [5.74, 6) is -0.345. The highest BCUT2D eigenvalue weighted by Gasteiger charge is 2.23. The van der Waals surface area contributed by atoms with Crippen LogP contribution in [0, 0.1) is 5.82 Å². The Hall–Kier alpha value is -1.89. The van der Waals surface area contributed by atoms with Crippen LogP contribution in [0.15, 0.2) is 53.4 Å². The molecule has 1 aliphatic rings. The van der Waals surface area contributed by atoms with E-state index >= 15 is 0 Å². The number of carbonyl (C=O) groups excluding carboxylic acids is 1. The number of nitrogens with one attached hydrogen (secondary N) is 1. The summed E-state index contributed by atoms with van der Waals surface area (Å²) in [5, 5.41) is 3.06. The first-order valence-electron chi connectivity index (χ1n) is 8.67. The summed E-state index contributed by atoms with van der Waals surface area (Å²) in [6, 6.07) is 14.1. The summed E-state index contributed by atoms with van der Waals surface area (Å²) < 4.78 is 18.7. The molecule has 0 radical (unpaired) electrons. The molecule has 0 unspecified atom stereocenters. The predicted octanol–water partition coefficient (Wildman–Crippen LogP) is 3.35. The zero-order valence-electron chi connectivity index (χ0n) is 14.8.